The minimum absolute atomic E-state index is 0.0462. The highest BCUT2D eigenvalue weighted by atomic mass is 16.5. The van der Waals surface area contributed by atoms with Gasteiger partial charge in [-0.2, -0.15) is 0 Å². The zero-order chi connectivity index (χ0) is 20.0. The van der Waals surface area contributed by atoms with Gasteiger partial charge in [-0.15, -0.1) is 0 Å². The van der Waals surface area contributed by atoms with Gasteiger partial charge in [0, 0.05) is 36.7 Å². The van der Waals surface area contributed by atoms with E-state index in [1.807, 2.05) is 23.2 Å². The van der Waals surface area contributed by atoms with E-state index in [0.29, 0.717) is 24.5 Å². The number of nitrogens with zero attached hydrogens (tertiary/aromatic N) is 4. The molecule has 5 rings (SSSR count). The predicted molar refractivity (Wildman–Crippen MR) is 107 cm³/mol. The van der Waals surface area contributed by atoms with Crippen LogP contribution < -0.4 is 4.74 Å². The predicted octanol–water partition coefficient (Wildman–Crippen LogP) is 3.43. The first kappa shape index (κ1) is 18.0. The molecule has 7 heteroatoms. The quantitative estimate of drug-likeness (QED) is 0.683. The SMILES string of the molecule is COc1cccc(-c2cnc3n2CCC32CCN(C(=O)c3cc(C)on3)CC2)c1. The van der Waals surface area contributed by atoms with Crippen molar-refractivity contribution in [3.8, 4) is 17.0 Å². The van der Waals surface area contributed by atoms with Crippen LogP contribution in [0.1, 0.15) is 41.3 Å². The van der Waals surface area contributed by atoms with Crippen molar-refractivity contribution >= 4 is 5.91 Å². The summed E-state index contributed by atoms with van der Waals surface area (Å²) >= 11 is 0. The van der Waals surface area contributed by atoms with E-state index in [9.17, 15) is 4.79 Å². The number of imidazole rings is 1. The van der Waals surface area contributed by atoms with E-state index < -0.39 is 0 Å². The van der Waals surface area contributed by atoms with Crippen LogP contribution in [-0.2, 0) is 12.0 Å². The van der Waals surface area contributed by atoms with Crippen LogP contribution in [0.4, 0.5) is 0 Å². The summed E-state index contributed by atoms with van der Waals surface area (Å²) in [7, 11) is 1.68. The number of likely N-dealkylation sites (tertiary alicyclic amines) is 1. The van der Waals surface area contributed by atoms with Crippen LogP contribution in [0.5, 0.6) is 5.75 Å². The molecule has 1 fully saturated rings. The first-order chi connectivity index (χ1) is 14.1. The Labute approximate surface area is 169 Å². The molecular formula is C22H24N4O3. The molecule has 1 saturated heterocycles. The van der Waals surface area contributed by atoms with Gasteiger partial charge in [-0.3, -0.25) is 4.79 Å². The number of amides is 1. The fourth-order valence-electron chi connectivity index (χ4n) is 4.72. The number of methoxy groups -OCH3 is 1. The molecule has 2 aliphatic rings. The molecule has 0 atom stereocenters. The van der Waals surface area contributed by atoms with Gasteiger partial charge in [0.1, 0.15) is 17.3 Å². The van der Waals surface area contributed by atoms with Crippen molar-refractivity contribution in [2.24, 2.45) is 0 Å². The standard InChI is InChI=1S/C22H24N4O3/c1-15-12-18(24-29-15)20(27)25-9-6-22(7-10-25)8-11-26-19(14-23-21(22)26)16-4-3-5-17(13-16)28-2/h3-5,12-14H,6-11H2,1-2H3. The monoisotopic (exact) mass is 392 g/mol. The van der Waals surface area contributed by atoms with Gasteiger partial charge in [0.15, 0.2) is 5.69 Å². The normalized spacial score (nSPS) is 17.5. The third-order valence-electron chi connectivity index (χ3n) is 6.36. The summed E-state index contributed by atoms with van der Waals surface area (Å²) in [4.78, 5) is 19.4. The maximum Gasteiger partial charge on any atom is 0.276 e. The van der Waals surface area contributed by atoms with Crippen molar-refractivity contribution < 1.29 is 14.1 Å². The Morgan fingerprint density at radius 1 is 1.17 bits per heavy atom. The lowest BCUT2D eigenvalue weighted by atomic mass is 9.76. The Hall–Kier alpha value is -3.09. The van der Waals surface area contributed by atoms with Gasteiger partial charge in [0.25, 0.3) is 5.91 Å². The van der Waals surface area contributed by atoms with Crippen molar-refractivity contribution in [1.29, 1.82) is 0 Å². The number of carbonyl (C=O) groups excluding carboxylic acids is 1. The molecule has 0 bridgehead atoms. The average molecular weight is 392 g/mol. The largest absolute Gasteiger partial charge is 0.497 e. The van der Waals surface area contributed by atoms with Crippen LogP contribution >= 0.6 is 0 Å². The highest BCUT2D eigenvalue weighted by Gasteiger charge is 2.44. The van der Waals surface area contributed by atoms with Gasteiger partial charge in [-0.25, -0.2) is 4.98 Å². The van der Waals surface area contributed by atoms with Crippen LogP contribution in [0.2, 0.25) is 0 Å². The third-order valence-corrected chi connectivity index (χ3v) is 6.36. The maximum atomic E-state index is 12.7. The number of hydrogen-bond donors (Lipinski definition) is 0. The molecule has 3 aromatic rings. The molecule has 1 amide bonds. The molecule has 2 aromatic heterocycles. The van der Waals surface area contributed by atoms with Crippen LogP contribution in [0.25, 0.3) is 11.3 Å². The molecule has 4 heterocycles. The Kier molecular flexibility index (Phi) is 4.19. The molecule has 7 nitrogen and oxygen atoms in total. The van der Waals surface area contributed by atoms with Crippen molar-refractivity contribution in [3.63, 3.8) is 0 Å². The summed E-state index contributed by atoms with van der Waals surface area (Å²) in [5, 5.41) is 3.87. The van der Waals surface area contributed by atoms with Gasteiger partial charge in [-0.05, 0) is 38.3 Å². The average Bonchev–Trinajstić information content (AvgIpc) is 3.46. The fourth-order valence-corrected chi connectivity index (χ4v) is 4.72. The molecule has 150 valence electrons. The Morgan fingerprint density at radius 3 is 2.69 bits per heavy atom. The topological polar surface area (TPSA) is 73.4 Å². The van der Waals surface area contributed by atoms with Crippen LogP contribution in [-0.4, -0.2) is 45.7 Å². The molecule has 0 unspecified atom stereocenters. The molecule has 0 aliphatic carbocycles. The Balaban J connectivity index is 1.36. The van der Waals surface area contributed by atoms with E-state index in [2.05, 4.69) is 21.9 Å². The zero-order valence-corrected chi connectivity index (χ0v) is 16.7. The van der Waals surface area contributed by atoms with Gasteiger partial charge in [0.2, 0.25) is 0 Å². The van der Waals surface area contributed by atoms with Gasteiger partial charge < -0.3 is 18.7 Å². The van der Waals surface area contributed by atoms with Gasteiger partial charge in [-0.1, -0.05) is 17.3 Å². The van der Waals surface area contributed by atoms with E-state index in [1.54, 1.807) is 20.1 Å². The summed E-state index contributed by atoms with van der Waals surface area (Å²) in [5.41, 5.74) is 2.70. The second kappa shape index (κ2) is 6.76. The summed E-state index contributed by atoms with van der Waals surface area (Å²) in [6.07, 6.45) is 4.88. The maximum absolute atomic E-state index is 12.7. The van der Waals surface area contributed by atoms with Crippen LogP contribution in [0.3, 0.4) is 0 Å². The number of hydrogen-bond acceptors (Lipinski definition) is 5. The third kappa shape index (κ3) is 2.92. The number of carbonyl (C=O) groups is 1. The van der Waals surface area contributed by atoms with Crippen molar-refractivity contribution in [1.82, 2.24) is 19.6 Å². The number of aromatic nitrogens is 3. The lowest BCUT2D eigenvalue weighted by molar-refractivity contribution is 0.0653. The number of ether oxygens (including phenoxy) is 1. The first-order valence-electron chi connectivity index (χ1n) is 10.0. The minimum atomic E-state index is -0.0462. The molecule has 0 radical (unpaired) electrons. The summed E-state index contributed by atoms with van der Waals surface area (Å²) < 4.78 is 12.8. The van der Waals surface area contributed by atoms with Gasteiger partial charge >= 0.3 is 0 Å². The van der Waals surface area contributed by atoms with E-state index >= 15 is 0 Å². The Morgan fingerprint density at radius 2 is 1.97 bits per heavy atom. The number of rotatable bonds is 3. The lowest BCUT2D eigenvalue weighted by Crippen LogP contribution is -2.44. The zero-order valence-electron chi connectivity index (χ0n) is 16.7. The molecule has 0 N–H and O–H groups in total. The van der Waals surface area contributed by atoms with E-state index in [1.165, 1.54) is 0 Å². The highest BCUT2D eigenvalue weighted by molar-refractivity contribution is 5.92. The molecule has 29 heavy (non-hydrogen) atoms. The van der Waals surface area contributed by atoms with E-state index in [-0.39, 0.29) is 11.3 Å². The first-order valence-corrected chi connectivity index (χ1v) is 10.0. The van der Waals surface area contributed by atoms with Crippen molar-refractivity contribution in [2.45, 2.75) is 38.1 Å². The van der Waals surface area contributed by atoms with Gasteiger partial charge in [0.05, 0.1) is 19.0 Å². The number of fused-ring (bicyclic) bond motifs is 2. The van der Waals surface area contributed by atoms with Crippen LogP contribution in [0.15, 0.2) is 41.1 Å². The number of piperidine rings is 1. The number of aryl methyl sites for hydroxylation is 1. The summed E-state index contributed by atoms with van der Waals surface area (Å²) in [6.45, 7) is 4.18. The summed E-state index contributed by atoms with van der Waals surface area (Å²) in [5.74, 6) is 2.61. The fraction of sp³-hybridized carbons (Fsp3) is 0.409. The smallest absolute Gasteiger partial charge is 0.276 e. The van der Waals surface area contributed by atoms with Crippen LogP contribution in [0, 0.1) is 6.92 Å². The second-order valence-corrected chi connectivity index (χ2v) is 8.00. The molecule has 1 spiro atoms. The van der Waals surface area contributed by atoms with E-state index in [4.69, 9.17) is 14.2 Å². The molecule has 1 aromatic carbocycles. The van der Waals surface area contributed by atoms with Crippen molar-refractivity contribution in [3.05, 3.63) is 53.8 Å². The number of benzene rings is 1. The summed E-state index contributed by atoms with van der Waals surface area (Å²) in [6, 6.07) is 9.81. The molecule has 0 saturated carbocycles. The minimum Gasteiger partial charge on any atom is -0.497 e. The lowest BCUT2D eigenvalue weighted by Gasteiger charge is -2.38. The van der Waals surface area contributed by atoms with E-state index in [0.717, 1.165) is 48.6 Å². The molecule has 2 aliphatic heterocycles. The Bertz CT molecular complexity index is 1060. The highest BCUT2D eigenvalue weighted by Crippen LogP contribution is 2.45. The molecular weight excluding hydrogens is 368 g/mol. The second-order valence-electron chi connectivity index (χ2n) is 8.00. The van der Waals surface area contributed by atoms with Crippen molar-refractivity contribution in [2.75, 3.05) is 20.2 Å².